The van der Waals surface area contributed by atoms with E-state index in [0.717, 1.165) is 17.5 Å². The lowest BCUT2D eigenvalue weighted by Gasteiger charge is -2.37. The standard InChI is InChI=1S/C33H30Br2N6O8/c34-24-18-21(19-25(35)30(24)45)20-27(31(46)38-14-13-36-11-3-12-37-28(42)6-7-29(43)44)49-33(48)40-15-9-23(10-16-40)41-17-8-22-4-1-2-5-26(22)39-32(41)47/h1-2,4-5,11,18-19,23,27,45H,6-10,15-17,20H2,(H,39,47)(H,43,44)/t27-/m1/s1. The maximum absolute atomic E-state index is 13.3. The van der Waals surface area contributed by atoms with E-state index in [1.54, 1.807) is 17.0 Å². The van der Waals surface area contributed by atoms with Gasteiger partial charge in [0.2, 0.25) is 0 Å². The second-order valence-corrected chi connectivity index (χ2v) is 12.5. The smallest absolute Gasteiger partial charge is 0.410 e. The van der Waals surface area contributed by atoms with Crippen molar-refractivity contribution in [3.8, 4) is 5.75 Å². The van der Waals surface area contributed by atoms with Crippen LogP contribution in [0.1, 0.15) is 36.8 Å². The van der Waals surface area contributed by atoms with Gasteiger partial charge in [-0.2, -0.15) is 15.0 Å². The van der Waals surface area contributed by atoms with Crippen LogP contribution >= 0.6 is 31.9 Å². The zero-order valence-electron chi connectivity index (χ0n) is 25.9. The number of fused-ring (bicyclic) bond motifs is 1. The van der Waals surface area contributed by atoms with Gasteiger partial charge in [0.15, 0.2) is 6.10 Å². The second-order valence-electron chi connectivity index (χ2n) is 10.8. The number of aliphatic imine (C=N–C) groups is 3. The zero-order valence-corrected chi connectivity index (χ0v) is 29.1. The molecular weight excluding hydrogens is 768 g/mol. The molecule has 16 heteroatoms. The highest BCUT2D eigenvalue weighted by Crippen LogP contribution is 2.34. The number of para-hydroxylation sites is 1. The number of ether oxygens (including phenoxy) is 1. The molecule has 4 rings (SSSR count). The number of carbonyl (C=O) groups is 5. The Labute approximate surface area is 297 Å². The Kier molecular flexibility index (Phi) is 13.4. The summed E-state index contributed by atoms with van der Waals surface area (Å²) in [6.45, 7) is 1.16. The van der Waals surface area contributed by atoms with Crippen molar-refractivity contribution in [2.45, 2.75) is 50.7 Å². The summed E-state index contributed by atoms with van der Waals surface area (Å²) >= 11 is 6.51. The summed E-state index contributed by atoms with van der Waals surface area (Å²) in [6, 6.07) is 10.6. The van der Waals surface area contributed by atoms with Crippen LogP contribution in [0.3, 0.4) is 0 Å². The first-order valence-electron chi connectivity index (χ1n) is 15.0. The quantitative estimate of drug-likeness (QED) is 0.241. The number of halogens is 2. The SMILES string of the molecule is O=C(O)CCC(=O)N=C=C=CN=C=C=NC(=O)[C@@H](Cc1cc(Br)c(O)c(Br)c1)OC(=O)N1CCC(N2CCc3ccccc3NC2=O)CC1. The molecule has 2 heterocycles. The van der Waals surface area contributed by atoms with Crippen LogP contribution in [0.25, 0.3) is 0 Å². The number of aromatic hydroxyl groups is 1. The predicted octanol–water partition coefficient (Wildman–Crippen LogP) is 4.67. The Balaban J connectivity index is 1.41. The van der Waals surface area contributed by atoms with Crippen LogP contribution in [0.4, 0.5) is 15.3 Å². The molecule has 2 aliphatic rings. The predicted molar refractivity (Wildman–Crippen MR) is 185 cm³/mol. The van der Waals surface area contributed by atoms with Crippen molar-refractivity contribution in [1.82, 2.24) is 9.80 Å². The lowest BCUT2D eigenvalue weighted by atomic mass is 10.0. The van der Waals surface area contributed by atoms with E-state index in [-0.39, 0.29) is 37.1 Å². The van der Waals surface area contributed by atoms with Gasteiger partial charge in [0, 0.05) is 50.1 Å². The number of hydrogen-bond acceptors (Lipinski definition) is 8. The molecule has 2 aliphatic heterocycles. The molecule has 5 amide bonds. The molecule has 49 heavy (non-hydrogen) atoms. The minimum Gasteiger partial charge on any atom is -0.506 e. The average Bonchev–Trinajstić information content (AvgIpc) is 3.25. The number of benzene rings is 2. The Morgan fingerprint density at radius 2 is 1.73 bits per heavy atom. The minimum atomic E-state index is -1.36. The Bertz CT molecular complexity index is 1810. The Morgan fingerprint density at radius 3 is 2.45 bits per heavy atom. The van der Waals surface area contributed by atoms with Gasteiger partial charge in [0.25, 0.3) is 11.8 Å². The molecular formula is C33H30Br2N6O8. The highest BCUT2D eigenvalue weighted by molar-refractivity contribution is 9.11. The number of likely N-dealkylation sites (tertiary alicyclic amines) is 1. The summed E-state index contributed by atoms with van der Waals surface area (Å²) in [6.07, 6.45) is -0.0295. The minimum absolute atomic E-state index is 0.0394. The first kappa shape index (κ1) is 36.8. The normalized spacial score (nSPS) is 14.6. The van der Waals surface area contributed by atoms with Crippen molar-refractivity contribution < 1.29 is 38.9 Å². The summed E-state index contributed by atoms with van der Waals surface area (Å²) in [5, 5.41) is 21.6. The van der Waals surface area contributed by atoms with Gasteiger partial charge in [-0.15, -0.1) is 0 Å². The summed E-state index contributed by atoms with van der Waals surface area (Å²) in [4.78, 5) is 75.1. The fourth-order valence-corrected chi connectivity index (χ4v) is 6.34. The maximum atomic E-state index is 13.3. The van der Waals surface area contributed by atoms with Crippen molar-refractivity contribution in [3.63, 3.8) is 0 Å². The van der Waals surface area contributed by atoms with Gasteiger partial charge in [0.05, 0.1) is 33.3 Å². The third-order valence-electron chi connectivity index (χ3n) is 7.53. The summed E-state index contributed by atoms with van der Waals surface area (Å²) < 4.78 is 6.37. The van der Waals surface area contributed by atoms with Crippen molar-refractivity contribution in [2.24, 2.45) is 15.0 Å². The molecule has 0 radical (unpaired) electrons. The topological polar surface area (TPSA) is 191 Å². The molecule has 3 N–H and O–H groups in total. The average molecular weight is 798 g/mol. The summed E-state index contributed by atoms with van der Waals surface area (Å²) in [5.41, 5.74) is 4.73. The molecule has 0 unspecified atom stereocenters. The molecule has 1 saturated heterocycles. The molecule has 14 nitrogen and oxygen atoms in total. The highest BCUT2D eigenvalue weighted by atomic mass is 79.9. The molecule has 2 aromatic carbocycles. The molecule has 0 saturated carbocycles. The first-order chi connectivity index (χ1) is 23.5. The van der Waals surface area contributed by atoms with E-state index >= 15 is 0 Å². The van der Waals surface area contributed by atoms with Crippen molar-refractivity contribution in [2.75, 3.05) is 25.0 Å². The van der Waals surface area contributed by atoms with Crippen molar-refractivity contribution >= 4 is 85.1 Å². The van der Waals surface area contributed by atoms with E-state index in [1.165, 1.54) is 4.90 Å². The molecule has 0 spiro atoms. The zero-order chi connectivity index (χ0) is 35.3. The van der Waals surface area contributed by atoms with Crippen LogP contribution in [0.15, 0.2) is 72.3 Å². The molecule has 1 fully saturated rings. The number of carboxylic acids is 1. The molecule has 2 aromatic rings. The van der Waals surface area contributed by atoms with Crippen LogP contribution < -0.4 is 5.32 Å². The van der Waals surface area contributed by atoms with E-state index in [0.29, 0.717) is 53.4 Å². The monoisotopic (exact) mass is 796 g/mol. The van der Waals surface area contributed by atoms with Gasteiger partial charge in [-0.3, -0.25) is 14.4 Å². The molecule has 0 bridgehead atoms. The van der Waals surface area contributed by atoms with Gasteiger partial charge in [-0.1, -0.05) is 18.2 Å². The molecule has 254 valence electrons. The third kappa shape index (κ3) is 11.0. The highest BCUT2D eigenvalue weighted by Gasteiger charge is 2.33. The summed E-state index contributed by atoms with van der Waals surface area (Å²) in [5.74, 6) is 3.91. The number of anilines is 1. The van der Waals surface area contributed by atoms with E-state index in [9.17, 15) is 29.1 Å². The Morgan fingerprint density at radius 1 is 1.02 bits per heavy atom. The number of phenolic OH excluding ortho intramolecular Hbond substituents is 1. The van der Waals surface area contributed by atoms with E-state index in [1.807, 2.05) is 24.3 Å². The second kappa shape index (κ2) is 17.9. The number of amides is 5. The lowest BCUT2D eigenvalue weighted by Crippen LogP contribution is -2.50. The number of phenols is 1. The molecule has 0 aliphatic carbocycles. The van der Waals surface area contributed by atoms with Gasteiger partial charge < -0.3 is 30.1 Å². The van der Waals surface area contributed by atoms with Crippen molar-refractivity contribution in [3.05, 3.63) is 68.4 Å². The van der Waals surface area contributed by atoms with E-state index < -0.39 is 30.0 Å². The van der Waals surface area contributed by atoms with E-state index in [2.05, 4.69) is 75.5 Å². The number of nitrogens with one attached hydrogen (secondary N) is 1. The molecule has 0 aromatic heterocycles. The number of urea groups is 1. The number of hydrogen-bond donors (Lipinski definition) is 3. The fourth-order valence-electron chi connectivity index (χ4n) is 5.06. The first-order valence-corrected chi connectivity index (χ1v) is 16.6. The lowest BCUT2D eigenvalue weighted by molar-refractivity contribution is -0.138. The largest absolute Gasteiger partial charge is 0.506 e. The number of piperidine rings is 1. The number of carboxylic acid groups (broad SMARTS) is 1. The Hall–Kier alpha value is -5.06. The maximum Gasteiger partial charge on any atom is 0.410 e. The van der Waals surface area contributed by atoms with E-state index in [4.69, 9.17) is 9.84 Å². The van der Waals surface area contributed by atoms with Crippen LogP contribution in [-0.2, 0) is 32.0 Å². The third-order valence-corrected chi connectivity index (χ3v) is 8.74. The van der Waals surface area contributed by atoms with Crippen LogP contribution in [0.5, 0.6) is 5.75 Å². The summed E-state index contributed by atoms with van der Waals surface area (Å²) in [7, 11) is 0. The molecule has 1 atom stereocenters. The number of rotatable bonds is 9. The van der Waals surface area contributed by atoms with Gasteiger partial charge >= 0.3 is 18.1 Å². The van der Waals surface area contributed by atoms with Gasteiger partial charge in [-0.05, 0) is 86.2 Å². The van der Waals surface area contributed by atoms with Crippen LogP contribution in [-0.4, -0.2) is 99.3 Å². The number of aliphatic carboxylic acids is 1. The van der Waals surface area contributed by atoms with Gasteiger partial charge in [-0.25, -0.2) is 9.59 Å². The fraction of sp³-hybridized carbons (Fsp3) is 0.333. The van der Waals surface area contributed by atoms with Gasteiger partial charge in [0.1, 0.15) is 5.75 Å². The number of nitrogens with zero attached hydrogens (tertiary/aromatic N) is 5. The van der Waals surface area contributed by atoms with Crippen molar-refractivity contribution in [1.29, 1.82) is 0 Å². The van der Waals surface area contributed by atoms with Crippen LogP contribution in [0, 0.1) is 0 Å². The van der Waals surface area contributed by atoms with Crippen LogP contribution in [0.2, 0.25) is 0 Å². The number of carbonyl (C=O) groups excluding carboxylic acids is 4.